The van der Waals surface area contributed by atoms with Crippen LogP contribution in [0.25, 0.3) is 0 Å². The highest BCUT2D eigenvalue weighted by Crippen LogP contribution is 2.37. The van der Waals surface area contributed by atoms with Crippen molar-refractivity contribution in [2.45, 2.75) is 90.1 Å². The van der Waals surface area contributed by atoms with Crippen LogP contribution >= 0.6 is 0 Å². The summed E-state index contributed by atoms with van der Waals surface area (Å²) in [5, 5.41) is 3.97. The number of nitrogens with one attached hydrogen (secondary N) is 1. The minimum atomic E-state index is 0.369. The number of likely N-dealkylation sites (tertiary alicyclic amines) is 1. The fourth-order valence-corrected chi connectivity index (χ4v) is 4.53. The third-order valence-electron chi connectivity index (χ3n) is 5.95. The monoisotopic (exact) mass is 280 g/mol. The summed E-state index contributed by atoms with van der Waals surface area (Å²) in [7, 11) is 0. The molecule has 118 valence electrons. The quantitative estimate of drug-likeness (QED) is 0.752. The highest BCUT2D eigenvalue weighted by molar-refractivity contribution is 5.01. The van der Waals surface area contributed by atoms with Gasteiger partial charge >= 0.3 is 0 Å². The van der Waals surface area contributed by atoms with E-state index in [1.54, 1.807) is 0 Å². The maximum absolute atomic E-state index is 3.97. The van der Waals surface area contributed by atoms with Crippen LogP contribution in [0.15, 0.2) is 0 Å². The Hall–Kier alpha value is -0.0800. The minimum absolute atomic E-state index is 0.369. The van der Waals surface area contributed by atoms with Crippen LogP contribution in [-0.2, 0) is 0 Å². The lowest BCUT2D eigenvalue weighted by molar-refractivity contribution is 0.0471. The van der Waals surface area contributed by atoms with Crippen molar-refractivity contribution in [2.75, 3.05) is 19.6 Å². The lowest BCUT2D eigenvalue weighted by atomic mass is 9.73. The SMILES string of the molecule is CCCNC(C1CCCCC1)C(C)(CC)N1CCCC1. The van der Waals surface area contributed by atoms with Gasteiger partial charge in [-0.05, 0) is 71.0 Å². The van der Waals surface area contributed by atoms with Crippen molar-refractivity contribution in [2.24, 2.45) is 5.92 Å². The van der Waals surface area contributed by atoms with Gasteiger partial charge in [-0.25, -0.2) is 0 Å². The van der Waals surface area contributed by atoms with Gasteiger partial charge in [-0.3, -0.25) is 4.90 Å². The van der Waals surface area contributed by atoms with Crippen LogP contribution in [0.2, 0.25) is 0 Å². The second-order valence-corrected chi connectivity index (χ2v) is 7.23. The maximum atomic E-state index is 3.97. The van der Waals surface area contributed by atoms with Crippen LogP contribution in [0, 0.1) is 5.92 Å². The van der Waals surface area contributed by atoms with Crippen molar-refractivity contribution < 1.29 is 0 Å². The molecule has 2 rings (SSSR count). The van der Waals surface area contributed by atoms with Crippen molar-refractivity contribution in [1.82, 2.24) is 10.2 Å². The van der Waals surface area contributed by atoms with E-state index in [2.05, 4.69) is 31.0 Å². The van der Waals surface area contributed by atoms with E-state index in [-0.39, 0.29) is 0 Å². The Labute approximate surface area is 126 Å². The molecule has 0 bridgehead atoms. The van der Waals surface area contributed by atoms with E-state index in [0.29, 0.717) is 11.6 Å². The van der Waals surface area contributed by atoms with Crippen molar-refractivity contribution in [3.63, 3.8) is 0 Å². The molecule has 2 fully saturated rings. The number of hydrogen-bond acceptors (Lipinski definition) is 2. The van der Waals surface area contributed by atoms with E-state index in [4.69, 9.17) is 0 Å². The Kier molecular flexibility index (Phi) is 6.35. The van der Waals surface area contributed by atoms with Crippen molar-refractivity contribution >= 4 is 0 Å². The summed E-state index contributed by atoms with van der Waals surface area (Å²) >= 11 is 0. The third-order valence-corrected chi connectivity index (χ3v) is 5.95. The van der Waals surface area contributed by atoms with Crippen molar-refractivity contribution in [3.8, 4) is 0 Å². The molecule has 2 unspecified atom stereocenters. The summed E-state index contributed by atoms with van der Waals surface area (Å²) in [6.45, 7) is 11.1. The highest BCUT2D eigenvalue weighted by atomic mass is 15.2. The van der Waals surface area contributed by atoms with Crippen LogP contribution < -0.4 is 5.32 Å². The molecular weight excluding hydrogens is 244 g/mol. The van der Waals surface area contributed by atoms with E-state index in [1.807, 2.05) is 0 Å². The van der Waals surface area contributed by atoms with Crippen LogP contribution in [0.5, 0.6) is 0 Å². The first-order valence-electron chi connectivity index (χ1n) is 9.20. The van der Waals surface area contributed by atoms with Gasteiger partial charge in [0.15, 0.2) is 0 Å². The topological polar surface area (TPSA) is 15.3 Å². The molecule has 20 heavy (non-hydrogen) atoms. The van der Waals surface area contributed by atoms with Crippen molar-refractivity contribution in [3.05, 3.63) is 0 Å². The molecule has 2 nitrogen and oxygen atoms in total. The molecule has 0 amide bonds. The summed E-state index contributed by atoms with van der Waals surface area (Å²) in [5.74, 6) is 0.904. The molecular formula is C18H36N2. The average molecular weight is 280 g/mol. The Bertz CT molecular complexity index is 267. The van der Waals surface area contributed by atoms with Gasteiger partial charge in [0.05, 0.1) is 0 Å². The van der Waals surface area contributed by atoms with Gasteiger partial charge in [-0.2, -0.15) is 0 Å². The number of hydrogen-bond donors (Lipinski definition) is 1. The third kappa shape index (κ3) is 3.57. The van der Waals surface area contributed by atoms with Crippen LogP contribution in [0.4, 0.5) is 0 Å². The Balaban J connectivity index is 2.12. The molecule has 2 heteroatoms. The molecule has 1 heterocycles. The van der Waals surface area contributed by atoms with Gasteiger partial charge < -0.3 is 5.32 Å². The summed E-state index contributed by atoms with van der Waals surface area (Å²) in [6.07, 6.45) is 12.6. The van der Waals surface area contributed by atoms with Gasteiger partial charge in [-0.1, -0.05) is 33.1 Å². The van der Waals surface area contributed by atoms with E-state index >= 15 is 0 Å². The van der Waals surface area contributed by atoms with Crippen molar-refractivity contribution in [1.29, 1.82) is 0 Å². The molecule has 1 aliphatic heterocycles. The second kappa shape index (κ2) is 7.79. The predicted octanol–water partition coefficient (Wildman–Crippen LogP) is 4.20. The van der Waals surface area contributed by atoms with Crippen LogP contribution in [0.3, 0.4) is 0 Å². The average Bonchev–Trinajstić information content (AvgIpc) is 3.03. The van der Waals surface area contributed by atoms with E-state index in [9.17, 15) is 0 Å². The molecule has 1 aliphatic carbocycles. The standard InChI is InChI=1S/C18H36N2/c1-4-13-19-17(16-11-7-6-8-12-16)18(3,5-2)20-14-9-10-15-20/h16-17,19H,4-15H2,1-3H3. The van der Waals surface area contributed by atoms with Crippen LogP contribution in [0.1, 0.15) is 78.6 Å². The molecule has 0 aromatic carbocycles. The van der Waals surface area contributed by atoms with Gasteiger partial charge in [-0.15, -0.1) is 0 Å². The predicted molar refractivity (Wildman–Crippen MR) is 88.2 cm³/mol. The lowest BCUT2D eigenvalue weighted by Crippen LogP contribution is -2.61. The molecule has 1 saturated heterocycles. The molecule has 2 aliphatic rings. The maximum Gasteiger partial charge on any atom is 0.0334 e. The molecule has 1 saturated carbocycles. The first-order chi connectivity index (χ1) is 9.72. The largest absolute Gasteiger partial charge is 0.312 e. The molecule has 1 N–H and O–H groups in total. The first kappa shape index (κ1) is 16.3. The Morgan fingerprint density at radius 3 is 2.25 bits per heavy atom. The molecule has 0 radical (unpaired) electrons. The zero-order valence-electron chi connectivity index (χ0n) is 14.1. The summed E-state index contributed by atoms with van der Waals surface area (Å²) in [4.78, 5) is 2.80. The zero-order valence-corrected chi connectivity index (χ0v) is 14.1. The number of nitrogens with zero attached hydrogens (tertiary/aromatic N) is 1. The van der Waals surface area contributed by atoms with E-state index in [1.165, 1.54) is 77.4 Å². The summed E-state index contributed by atoms with van der Waals surface area (Å²) in [5.41, 5.74) is 0.369. The number of rotatable bonds is 7. The van der Waals surface area contributed by atoms with E-state index in [0.717, 1.165) is 5.92 Å². The summed E-state index contributed by atoms with van der Waals surface area (Å²) in [6, 6.07) is 0.700. The molecule has 2 atom stereocenters. The fourth-order valence-electron chi connectivity index (χ4n) is 4.53. The lowest BCUT2D eigenvalue weighted by Gasteiger charge is -2.49. The zero-order chi connectivity index (χ0) is 14.4. The van der Waals surface area contributed by atoms with Gasteiger partial charge in [0.2, 0.25) is 0 Å². The highest BCUT2D eigenvalue weighted by Gasteiger charge is 2.42. The van der Waals surface area contributed by atoms with Gasteiger partial charge in [0.1, 0.15) is 0 Å². The molecule has 0 aromatic heterocycles. The first-order valence-corrected chi connectivity index (χ1v) is 9.20. The minimum Gasteiger partial charge on any atom is -0.312 e. The Morgan fingerprint density at radius 2 is 1.70 bits per heavy atom. The van der Waals surface area contributed by atoms with E-state index < -0.39 is 0 Å². The van der Waals surface area contributed by atoms with Gasteiger partial charge in [0.25, 0.3) is 0 Å². The Morgan fingerprint density at radius 1 is 1.05 bits per heavy atom. The smallest absolute Gasteiger partial charge is 0.0334 e. The summed E-state index contributed by atoms with van der Waals surface area (Å²) < 4.78 is 0. The molecule has 0 aromatic rings. The normalized spacial score (nSPS) is 26.6. The molecule has 0 spiro atoms. The van der Waals surface area contributed by atoms with Crippen LogP contribution in [-0.4, -0.2) is 36.1 Å². The second-order valence-electron chi connectivity index (χ2n) is 7.23. The fraction of sp³-hybridized carbons (Fsp3) is 1.00. The van der Waals surface area contributed by atoms with Gasteiger partial charge in [0, 0.05) is 11.6 Å².